The van der Waals surface area contributed by atoms with Gasteiger partial charge in [-0.1, -0.05) is 24.3 Å². The second kappa shape index (κ2) is 7.25. The predicted octanol–water partition coefficient (Wildman–Crippen LogP) is 2.49. The third kappa shape index (κ3) is 4.09. The Morgan fingerprint density at radius 3 is 2.84 bits per heavy atom. The van der Waals surface area contributed by atoms with Gasteiger partial charge in [-0.2, -0.15) is 0 Å². The maximum Gasteiger partial charge on any atom is 0.420 e. The first kappa shape index (κ1) is 16.8. The lowest BCUT2D eigenvalue weighted by molar-refractivity contribution is -0.122. The number of oxazole rings is 1. The monoisotopic (exact) mass is 340 g/mol. The molecule has 1 unspecified atom stereocenters. The lowest BCUT2D eigenvalue weighted by Gasteiger charge is -2.15. The average molecular weight is 340 g/mol. The van der Waals surface area contributed by atoms with Crippen LogP contribution < -0.4 is 15.8 Å². The van der Waals surface area contributed by atoms with Crippen molar-refractivity contribution in [3.8, 4) is 5.75 Å². The van der Waals surface area contributed by atoms with Crippen LogP contribution >= 0.6 is 0 Å². The van der Waals surface area contributed by atoms with Crippen LogP contribution in [0.2, 0.25) is 0 Å². The quantitative estimate of drug-likeness (QED) is 0.748. The lowest BCUT2D eigenvalue weighted by Crippen LogP contribution is -2.39. The van der Waals surface area contributed by atoms with E-state index < -0.39 is 5.76 Å². The molecule has 2 aromatic carbocycles. The first-order valence-corrected chi connectivity index (χ1v) is 8.10. The molecule has 0 aliphatic rings. The zero-order valence-corrected chi connectivity index (χ0v) is 14.2. The van der Waals surface area contributed by atoms with Crippen LogP contribution in [0.25, 0.3) is 11.1 Å². The standard InChI is InChI=1S/C19H20N2O4/c1-13-6-5-7-15(10-13)24-12-14(2)20-18(22)11-21-16-8-3-4-9-17(16)25-19(21)23/h3-10,14H,11-12H2,1-2H3,(H,20,22). The summed E-state index contributed by atoms with van der Waals surface area (Å²) in [4.78, 5) is 24.1. The van der Waals surface area contributed by atoms with E-state index in [1.165, 1.54) is 4.57 Å². The number of aromatic nitrogens is 1. The van der Waals surface area contributed by atoms with E-state index in [1.54, 1.807) is 24.3 Å². The van der Waals surface area contributed by atoms with Crippen LogP contribution in [0.1, 0.15) is 12.5 Å². The van der Waals surface area contributed by atoms with Crippen LogP contribution in [0, 0.1) is 6.92 Å². The molecule has 1 heterocycles. The summed E-state index contributed by atoms with van der Waals surface area (Å²) in [5.74, 6) is -0.0489. The van der Waals surface area contributed by atoms with Crippen molar-refractivity contribution in [2.45, 2.75) is 26.4 Å². The molecule has 6 heteroatoms. The van der Waals surface area contributed by atoms with Crippen LogP contribution in [0.5, 0.6) is 5.75 Å². The number of carbonyl (C=O) groups excluding carboxylic acids is 1. The molecule has 0 saturated heterocycles. The van der Waals surface area contributed by atoms with E-state index in [1.807, 2.05) is 38.1 Å². The van der Waals surface area contributed by atoms with Crippen molar-refractivity contribution in [2.24, 2.45) is 0 Å². The lowest BCUT2D eigenvalue weighted by atomic mass is 10.2. The van der Waals surface area contributed by atoms with Crippen LogP contribution in [-0.2, 0) is 11.3 Å². The van der Waals surface area contributed by atoms with Crippen LogP contribution in [0.15, 0.2) is 57.7 Å². The summed E-state index contributed by atoms with van der Waals surface area (Å²) in [6.07, 6.45) is 0. The fourth-order valence-electron chi connectivity index (χ4n) is 2.60. The first-order valence-electron chi connectivity index (χ1n) is 8.10. The average Bonchev–Trinajstić information content (AvgIpc) is 2.89. The molecule has 1 amide bonds. The van der Waals surface area contributed by atoms with Gasteiger partial charge in [0.25, 0.3) is 0 Å². The number of aryl methyl sites for hydroxylation is 1. The smallest absolute Gasteiger partial charge is 0.420 e. The second-order valence-corrected chi connectivity index (χ2v) is 6.02. The topological polar surface area (TPSA) is 73.5 Å². The maximum absolute atomic E-state index is 12.2. The molecule has 0 aliphatic heterocycles. The van der Waals surface area contributed by atoms with Gasteiger partial charge in [0.15, 0.2) is 5.58 Å². The highest BCUT2D eigenvalue weighted by atomic mass is 16.5. The van der Waals surface area contributed by atoms with Crippen molar-refractivity contribution in [2.75, 3.05) is 6.61 Å². The van der Waals surface area contributed by atoms with Gasteiger partial charge in [0.1, 0.15) is 18.9 Å². The van der Waals surface area contributed by atoms with Crippen LogP contribution in [0.3, 0.4) is 0 Å². The number of amides is 1. The largest absolute Gasteiger partial charge is 0.491 e. The number of para-hydroxylation sites is 2. The Balaban J connectivity index is 1.58. The molecule has 1 N–H and O–H groups in total. The Morgan fingerprint density at radius 1 is 1.24 bits per heavy atom. The molecule has 3 aromatic rings. The van der Waals surface area contributed by atoms with Crippen molar-refractivity contribution in [1.82, 2.24) is 9.88 Å². The van der Waals surface area contributed by atoms with Crippen molar-refractivity contribution in [3.05, 3.63) is 64.6 Å². The van der Waals surface area contributed by atoms with Crippen molar-refractivity contribution >= 4 is 17.0 Å². The molecule has 25 heavy (non-hydrogen) atoms. The minimum absolute atomic E-state index is 0.0926. The van der Waals surface area contributed by atoms with E-state index >= 15 is 0 Å². The highest BCUT2D eigenvalue weighted by molar-refractivity contribution is 5.79. The molecule has 0 saturated carbocycles. The predicted molar refractivity (Wildman–Crippen MR) is 94.8 cm³/mol. The van der Waals surface area contributed by atoms with E-state index in [0.717, 1.165) is 11.3 Å². The van der Waals surface area contributed by atoms with Crippen molar-refractivity contribution in [3.63, 3.8) is 0 Å². The van der Waals surface area contributed by atoms with Gasteiger partial charge in [-0.3, -0.25) is 9.36 Å². The number of carbonyl (C=O) groups is 1. The molecule has 0 fully saturated rings. The third-order valence-corrected chi connectivity index (χ3v) is 3.77. The Bertz CT molecular complexity index is 942. The molecule has 3 rings (SSSR count). The second-order valence-electron chi connectivity index (χ2n) is 6.02. The van der Waals surface area contributed by atoms with Gasteiger partial charge in [-0.05, 0) is 43.7 Å². The Kier molecular flexibility index (Phi) is 4.88. The Morgan fingerprint density at radius 2 is 2.04 bits per heavy atom. The zero-order chi connectivity index (χ0) is 17.8. The molecule has 0 bridgehead atoms. The Hall–Kier alpha value is -3.02. The number of benzene rings is 2. The van der Waals surface area contributed by atoms with E-state index in [4.69, 9.17) is 9.15 Å². The van der Waals surface area contributed by atoms with E-state index in [2.05, 4.69) is 5.32 Å². The highest BCUT2D eigenvalue weighted by Crippen LogP contribution is 2.13. The molecule has 0 spiro atoms. The summed E-state index contributed by atoms with van der Waals surface area (Å²) < 4.78 is 12.1. The fraction of sp³-hybridized carbons (Fsp3) is 0.263. The summed E-state index contributed by atoms with van der Waals surface area (Å²) >= 11 is 0. The van der Waals surface area contributed by atoms with Gasteiger partial charge < -0.3 is 14.5 Å². The summed E-state index contributed by atoms with van der Waals surface area (Å²) in [5, 5.41) is 2.83. The third-order valence-electron chi connectivity index (χ3n) is 3.77. The number of ether oxygens (including phenoxy) is 1. The molecular weight excluding hydrogens is 320 g/mol. The first-order chi connectivity index (χ1) is 12.0. The van der Waals surface area contributed by atoms with Crippen LogP contribution in [-0.4, -0.2) is 23.1 Å². The van der Waals surface area contributed by atoms with E-state index in [0.29, 0.717) is 17.7 Å². The molecule has 130 valence electrons. The summed E-state index contributed by atoms with van der Waals surface area (Å²) in [6.45, 7) is 4.09. The summed E-state index contributed by atoms with van der Waals surface area (Å²) in [5.41, 5.74) is 2.18. The van der Waals surface area contributed by atoms with E-state index in [-0.39, 0.29) is 18.5 Å². The molecule has 6 nitrogen and oxygen atoms in total. The van der Waals surface area contributed by atoms with Gasteiger partial charge in [-0.25, -0.2) is 4.79 Å². The zero-order valence-electron chi connectivity index (χ0n) is 14.2. The van der Waals surface area contributed by atoms with E-state index in [9.17, 15) is 9.59 Å². The summed E-state index contributed by atoms with van der Waals surface area (Å²) in [6, 6.07) is 14.5. The number of rotatable bonds is 6. The van der Waals surface area contributed by atoms with Gasteiger partial charge in [0, 0.05) is 0 Å². The van der Waals surface area contributed by atoms with Crippen molar-refractivity contribution < 1.29 is 13.9 Å². The minimum Gasteiger partial charge on any atom is -0.491 e. The number of fused-ring (bicyclic) bond motifs is 1. The van der Waals surface area contributed by atoms with Gasteiger partial charge in [0.05, 0.1) is 11.6 Å². The maximum atomic E-state index is 12.2. The number of hydrogen-bond donors (Lipinski definition) is 1. The number of nitrogens with zero attached hydrogens (tertiary/aromatic N) is 1. The molecular formula is C19H20N2O4. The fourth-order valence-corrected chi connectivity index (χ4v) is 2.60. The van der Waals surface area contributed by atoms with Gasteiger partial charge in [-0.15, -0.1) is 0 Å². The molecule has 1 atom stereocenters. The SMILES string of the molecule is Cc1cccc(OCC(C)NC(=O)Cn2c(=O)oc3ccccc32)c1. The van der Waals surface area contributed by atoms with Crippen molar-refractivity contribution in [1.29, 1.82) is 0 Å². The number of hydrogen-bond acceptors (Lipinski definition) is 4. The Labute approximate surface area is 145 Å². The minimum atomic E-state index is -0.542. The molecule has 0 radical (unpaired) electrons. The van der Waals surface area contributed by atoms with Crippen LogP contribution in [0.4, 0.5) is 0 Å². The van der Waals surface area contributed by atoms with Gasteiger partial charge >= 0.3 is 5.76 Å². The molecule has 1 aromatic heterocycles. The number of nitrogens with one attached hydrogen (secondary N) is 1. The molecule has 0 aliphatic carbocycles. The normalized spacial score (nSPS) is 12.1. The highest BCUT2D eigenvalue weighted by Gasteiger charge is 2.14. The summed E-state index contributed by atoms with van der Waals surface area (Å²) in [7, 11) is 0. The van der Waals surface area contributed by atoms with Gasteiger partial charge in [0.2, 0.25) is 5.91 Å².